The molecule has 1 aliphatic heterocycles. The third-order valence-corrected chi connectivity index (χ3v) is 6.11. The van der Waals surface area contributed by atoms with Crippen molar-refractivity contribution in [2.45, 2.75) is 38.0 Å². The van der Waals surface area contributed by atoms with E-state index < -0.39 is 35.3 Å². The van der Waals surface area contributed by atoms with Gasteiger partial charge < -0.3 is 16.4 Å². The molecule has 37 heavy (non-hydrogen) atoms. The molecular weight excluding hydrogens is 513 g/mol. The molecule has 0 radical (unpaired) electrons. The molecule has 0 saturated carbocycles. The summed E-state index contributed by atoms with van der Waals surface area (Å²) in [6.45, 7) is 1.57. The zero-order valence-electron chi connectivity index (χ0n) is 19.4. The predicted octanol–water partition coefficient (Wildman–Crippen LogP) is 4.71. The number of carbonyl (C=O) groups is 2. The Balaban J connectivity index is 1.68. The van der Waals surface area contributed by atoms with Gasteiger partial charge in [-0.25, -0.2) is 9.78 Å². The molecule has 2 atom stereocenters. The van der Waals surface area contributed by atoms with E-state index in [4.69, 9.17) is 17.3 Å². The van der Waals surface area contributed by atoms with Crippen molar-refractivity contribution >= 4 is 40.7 Å². The Kier molecular flexibility index (Phi) is 7.12. The average molecular weight is 535 g/mol. The molecule has 0 spiro atoms. The highest BCUT2D eigenvalue weighted by Crippen LogP contribution is 2.35. The number of urea groups is 1. The Morgan fingerprint density at radius 1 is 1.16 bits per heavy atom. The summed E-state index contributed by atoms with van der Waals surface area (Å²) in [7, 11) is 0. The standard InChI is InChI=1S/C24H22ClF3N6O3/c1-12-9-17(19(29)35)34-21(12)32-20(33-23(37)31-16-7-5-15(25)6-8-16)18(22(34)36)30-11-13-3-2-4-14(10-13)24(26,27)28/h2-8,10,12,17,30H,9,11H2,1H3,(H2,29,35)(H2,31,33,37). The number of nitrogens with one attached hydrogen (secondary N) is 3. The quantitative estimate of drug-likeness (QED) is 0.364. The van der Waals surface area contributed by atoms with Gasteiger partial charge in [-0.3, -0.25) is 19.5 Å². The lowest BCUT2D eigenvalue weighted by Gasteiger charge is -2.18. The van der Waals surface area contributed by atoms with Crippen molar-refractivity contribution in [2.24, 2.45) is 5.73 Å². The number of amides is 3. The highest BCUT2D eigenvalue weighted by atomic mass is 35.5. The molecule has 4 rings (SSSR count). The molecule has 2 aromatic carbocycles. The second-order valence-corrected chi connectivity index (χ2v) is 9.00. The fourth-order valence-electron chi connectivity index (χ4n) is 4.09. The minimum absolute atomic E-state index is 0.147. The third-order valence-electron chi connectivity index (χ3n) is 5.86. The summed E-state index contributed by atoms with van der Waals surface area (Å²) >= 11 is 5.86. The monoisotopic (exact) mass is 534 g/mol. The van der Waals surface area contributed by atoms with E-state index in [1.807, 2.05) is 0 Å². The number of halogens is 4. The van der Waals surface area contributed by atoms with Gasteiger partial charge in [-0.1, -0.05) is 30.7 Å². The fourth-order valence-corrected chi connectivity index (χ4v) is 4.21. The first-order valence-electron chi connectivity index (χ1n) is 11.1. The van der Waals surface area contributed by atoms with Crippen LogP contribution in [-0.2, 0) is 17.5 Å². The van der Waals surface area contributed by atoms with Crippen molar-refractivity contribution in [3.05, 3.63) is 80.9 Å². The maximum atomic E-state index is 13.5. The predicted molar refractivity (Wildman–Crippen MR) is 133 cm³/mol. The van der Waals surface area contributed by atoms with E-state index in [9.17, 15) is 27.6 Å². The number of benzene rings is 2. The van der Waals surface area contributed by atoms with Crippen LogP contribution in [0.4, 0.5) is 35.2 Å². The van der Waals surface area contributed by atoms with Gasteiger partial charge in [0.1, 0.15) is 17.6 Å². The largest absolute Gasteiger partial charge is 0.416 e. The smallest absolute Gasteiger partial charge is 0.373 e. The van der Waals surface area contributed by atoms with Gasteiger partial charge in [0.05, 0.1) is 5.56 Å². The maximum absolute atomic E-state index is 13.5. The SMILES string of the molecule is CC1CC(C(N)=O)n2c1nc(NC(=O)Nc1ccc(Cl)cc1)c(NCc1cccc(C(F)(F)F)c1)c2=O. The molecule has 2 unspecified atom stereocenters. The first-order valence-corrected chi connectivity index (χ1v) is 11.5. The Morgan fingerprint density at radius 2 is 1.86 bits per heavy atom. The van der Waals surface area contributed by atoms with Crippen molar-refractivity contribution in [1.82, 2.24) is 9.55 Å². The summed E-state index contributed by atoms with van der Waals surface area (Å²) < 4.78 is 40.5. The molecule has 3 amide bonds. The van der Waals surface area contributed by atoms with Crippen LogP contribution in [0.2, 0.25) is 5.02 Å². The molecule has 2 heterocycles. The number of nitrogens with zero attached hydrogens (tertiary/aromatic N) is 2. The second-order valence-electron chi connectivity index (χ2n) is 8.56. The van der Waals surface area contributed by atoms with E-state index in [0.717, 1.165) is 16.7 Å². The zero-order chi connectivity index (χ0) is 26.9. The van der Waals surface area contributed by atoms with Crippen LogP contribution in [0.15, 0.2) is 53.3 Å². The van der Waals surface area contributed by atoms with E-state index in [-0.39, 0.29) is 41.8 Å². The summed E-state index contributed by atoms with van der Waals surface area (Å²) in [5, 5.41) is 8.35. The van der Waals surface area contributed by atoms with Crippen molar-refractivity contribution < 1.29 is 22.8 Å². The Hall–Kier alpha value is -4.06. The van der Waals surface area contributed by atoms with Crippen LogP contribution in [0.3, 0.4) is 0 Å². The van der Waals surface area contributed by atoms with Crippen molar-refractivity contribution in [3.8, 4) is 0 Å². The lowest BCUT2D eigenvalue weighted by Crippen LogP contribution is -2.35. The maximum Gasteiger partial charge on any atom is 0.416 e. The number of hydrogen-bond donors (Lipinski definition) is 4. The molecule has 0 saturated heterocycles. The van der Waals surface area contributed by atoms with Crippen LogP contribution >= 0.6 is 11.6 Å². The van der Waals surface area contributed by atoms with Crippen LogP contribution in [0.25, 0.3) is 0 Å². The fraction of sp³-hybridized carbons (Fsp3) is 0.250. The van der Waals surface area contributed by atoms with Crippen molar-refractivity contribution in [3.63, 3.8) is 0 Å². The first-order chi connectivity index (χ1) is 17.4. The summed E-state index contributed by atoms with van der Waals surface area (Å²) in [6.07, 6.45) is -4.30. The molecule has 0 bridgehead atoms. The van der Waals surface area contributed by atoms with Gasteiger partial charge in [0.25, 0.3) is 5.56 Å². The lowest BCUT2D eigenvalue weighted by atomic mass is 10.1. The highest BCUT2D eigenvalue weighted by Gasteiger charge is 2.36. The van der Waals surface area contributed by atoms with Gasteiger partial charge in [0.2, 0.25) is 5.91 Å². The van der Waals surface area contributed by atoms with E-state index in [2.05, 4.69) is 20.9 Å². The van der Waals surface area contributed by atoms with Gasteiger partial charge in [-0.15, -0.1) is 0 Å². The van der Waals surface area contributed by atoms with Crippen LogP contribution in [0.1, 0.15) is 42.3 Å². The molecule has 0 aliphatic carbocycles. The molecule has 13 heteroatoms. The number of alkyl halides is 3. The van der Waals surface area contributed by atoms with Crippen LogP contribution in [0, 0.1) is 0 Å². The number of aromatic nitrogens is 2. The summed E-state index contributed by atoms with van der Waals surface area (Å²) in [5.74, 6) is -0.936. The summed E-state index contributed by atoms with van der Waals surface area (Å²) in [4.78, 5) is 42.5. The Labute approximate surface area is 213 Å². The van der Waals surface area contributed by atoms with Gasteiger partial charge in [-0.2, -0.15) is 13.2 Å². The number of carbonyl (C=O) groups excluding carboxylic acids is 2. The van der Waals surface area contributed by atoms with Gasteiger partial charge in [-0.05, 0) is 48.4 Å². The number of rotatable bonds is 6. The number of hydrogen-bond acceptors (Lipinski definition) is 5. The molecule has 1 aromatic heterocycles. The Bertz CT molecular complexity index is 1410. The van der Waals surface area contributed by atoms with Crippen LogP contribution in [0.5, 0.6) is 0 Å². The van der Waals surface area contributed by atoms with Gasteiger partial charge in [0, 0.05) is 23.2 Å². The second kappa shape index (κ2) is 10.1. The van der Waals surface area contributed by atoms with Gasteiger partial charge >= 0.3 is 12.2 Å². The number of anilines is 3. The third kappa shape index (κ3) is 5.69. The van der Waals surface area contributed by atoms with Crippen molar-refractivity contribution in [1.29, 1.82) is 0 Å². The van der Waals surface area contributed by atoms with Crippen LogP contribution < -0.4 is 27.2 Å². The number of primary amides is 1. The van der Waals surface area contributed by atoms with E-state index in [1.54, 1.807) is 31.2 Å². The topological polar surface area (TPSA) is 131 Å². The highest BCUT2D eigenvalue weighted by molar-refractivity contribution is 6.30. The molecule has 5 N–H and O–H groups in total. The number of nitrogens with two attached hydrogens (primary N) is 1. The minimum atomic E-state index is -4.54. The molecule has 194 valence electrons. The first kappa shape index (κ1) is 26.0. The normalized spacial score (nSPS) is 16.7. The van der Waals surface area contributed by atoms with Gasteiger partial charge in [0.15, 0.2) is 5.82 Å². The zero-order valence-corrected chi connectivity index (χ0v) is 20.2. The van der Waals surface area contributed by atoms with E-state index in [1.165, 1.54) is 12.1 Å². The lowest BCUT2D eigenvalue weighted by molar-refractivity contribution is -0.137. The summed E-state index contributed by atoms with van der Waals surface area (Å²) in [6, 6.07) is 9.19. The molecule has 1 aliphatic rings. The number of fused-ring (bicyclic) bond motifs is 1. The van der Waals surface area contributed by atoms with E-state index >= 15 is 0 Å². The molecule has 9 nitrogen and oxygen atoms in total. The van der Waals surface area contributed by atoms with Crippen LogP contribution in [-0.4, -0.2) is 21.5 Å². The average Bonchev–Trinajstić information content (AvgIpc) is 3.17. The molecule has 3 aromatic rings. The molecular formula is C24H22ClF3N6O3. The summed E-state index contributed by atoms with van der Waals surface area (Å²) in [5.41, 5.74) is 4.40. The van der Waals surface area contributed by atoms with Crippen molar-refractivity contribution in [2.75, 3.05) is 16.0 Å². The van der Waals surface area contributed by atoms with E-state index in [0.29, 0.717) is 10.7 Å². The minimum Gasteiger partial charge on any atom is -0.373 e. The molecule has 0 fully saturated rings. The Morgan fingerprint density at radius 3 is 2.51 bits per heavy atom.